The Hall–Kier alpha value is -0.990. The number of guanidine groups is 1. The average Bonchev–Trinajstić information content (AvgIpc) is 2.39. The van der Waals surface area contributed by atoms with Crippen molar-refractivity contribution in [1.29, 1.82) is 5.41 Å². The highest BCUT2D eigenvalue weighted by Gasteiger charge is 2.15. The van der Waals surface area contributed by atoms with Crippen LogP contribution < -0.4 is 16.8 Å². The van der Waals surface area contributed by atoms with Crippen LogP contribution in [0, 0.1) is 5.41 Å². The molecule has 1 aromatic heterocycles. The van der Waals surface area contributed by atoms with Crippen LogP contribution in [0.25, 0.3) is 0 Å². The summed E-state index contributed by atoms with van der Waals surface area (Å²) in [5.41, 5.74) is 11.5. The van der Waals surface area contributed by atoms with Crippen LogP contribution >= 0.6 is 48.0 Å². The lowest BCUT2D eigenvalue weighted by atomic mass is 10.1. The molecule has 0 bridgehead atoms. The molecule has 0 aliphatic carbocycles. The smallest absolute Gasteiger partial charge is 0.323 e. The zero-order valence-corrected chi connectivity index (χ0v) is 15.2. The van der Waals surface area contributed by atoms with E-state index >= 15 is 0 Å². The van der Waals surface area contributed by atoms with Gasteiger partial charge in [-0.2, -0.15) is 0 Å². The van der Waals surface area contributed by atoms with E-state index in [9.17, 15) is 4.79 Å². The van der Waals surface area contributed by atoms with Crippen LogP contribution in [0.1, 0.15) is 18.4 Å². The maximum absolute atomic E-state index is 11.7. The number of halogens is 4. The summed E-state index contributed by atoms with van der Waals surface area (Å²) in [6.07, 6.45) is 1.03. The SMILES string of the molecule is Cl.Cl.N=C(N)NCCC[C@H](N)C(=O)OCc1cc(Cl)nc(Cl)c1. The van der Waals surface area contributed by atoms with Crippen molar-refractivity contribution in [2.45, 2.75) is 25.5 Å². The van der Waals surface area contributed by atoms with Gasteiger partial charge in [-0.1, -0.05) is 23.2 Å². The maximum Gasteiger partial charge on any atom is 0.323 e. The van der Waals surface area contributed by atoms with E-state index in [0.29, 0.717) is 24.9 Å². The molecule has 0 saturated heterocycles. The second-order valence-corrected chi connectivity index (χ2v) is 5.09. The number of carbonyl (C=O) groups excluding carboxylic acids is 1. The van der Waals surface area contributed by atoms with Crippen molar-refractivity contribution >= 4 is 59.9 Å². The molecule has 0 aromatic carbocycles. The van der Waals surface area contributed by atoms with Crippen molar-refractivity contribution in [3.05, 3.63) is 28.0 Å². The van der Waals surface area contributed by atoms with Crippen LogP contribution in [-0.4, -0.2) is 29.5 Å². The fourth-order valence-corrected chi connectivity index (χ4v) is 2.03. The van der Waals surface area contributed by atoms with Gasteiger partial charge in [0.25, 0.3) is 0 Å². The van der Waals surface area contributed by atoms with Crippen molar-refractivity contribution in [3.63, 3.8) is 0 Å². The molecule has 0 radical (unpaired) electrons. The number of hydrogen-bond acceptors (Lipinski definition) is 5. The number of pyridine rings is 1. The molecule has 0 unspecified atom stereocenters. The van der Waals surface area contributed by atoms with Gasteiger partial charge in [-0.05, 0) is 30.5 Å². The number of hydrogen-bond donors (Lipinski definition) is 4. The number of aromatic nitrogens is 1. The highest BCUT2D eigenvalue weighted by Crippen LogP contribution is 2.15. The first-order valence-corrected chi connectivity index (χ1v) is 6.96. The fourth-order valence-electron chi connectivity index (χ4n) is 1.52. The largest absolute Gasteiger partial charge is 0.460 e. The lowest BCUT2D eigenvalue weighted by Gasteiger charge is -2.12. The number of esters is 1. The molecule has 23 heavy (non-hydrogen) atoms. The van der Waals surface area contributed by atoms with Crippen LogP contribution in [-0.2, 0) is 16.1 Å². The Labute approximate surface area is 156 Å². The molecule has 7 nitrogen and oxygen atoms in total. The molecule has 132 valence electrons. The second-order valence-electron chi connectivity index (χ2n) is 4.32. The molecule has 0 spiro atoms. The Balaban J connectivity index is 0. The Morgan fingerprint density at radius 2 is 1.91 bits per heavy atom. The van der Waals surface area contributed by atoms with Crippen LogP contribution in [0.4, 0.5) is 0 Å². The topological polar surface area (TPSA) is 127 Å². The summed E-state index contributed by atoms with van der Waals surface area (Å²) in [7, 11) is 0. The number of carbonyl (C=O) groups is 1. The summed E-state index contributed by atoms with van der Waals surface area (Å²) in [6.45, 7) is 0.506. The lowest BCUT2D eigenvalue weighted by molar-refractivity contribution is -0.146. The van der Waals surface area contributed by atoms with Gasteiger partial charge < -0.3 is 21.5 Å². The van der Waals surface area contributed by atoms with Gasteiger partial charge in [-0.25, -0.2) is 4.98 Å². The highest BCUT2D eigenvalue weighted by molar-refractivity contribution is 6.32. The summed E-state index contributed by atoms with van der Waals surface area (Å²) in [5.74, 6) is -0.625. The van der Waals surface area contributed by atoms with E-state index < -0.39 is 12.0 Å². The summed E-state index contributed by atoms with van der Waals surface area (Å²) >= 11 is 11.5. The number of nitrogens with two attached hydrogens (primary N) is 2. The molecule has 0 amide bonds. The predicted molar refractivity (Wildman–Crippen MR) is 95.7 cm³/mol. The molecule has 1 rings (SSSR count). The lowest BCUT2D eigenvalue weighted by Crippen LogP contribution is -2.35. The predicted octanol–water partition coefficient (Wildman–Crippen LogP) is 1.87. The molecular weight excluding hydrogens is 388 g/mol. The van der Waals surface area contributed by atoms with E-state index in [-0.39, 0.29) is 47.7 Å². The van der Waals surface area contributed by atoms with Crippen molar-refractivity contribution in [3.8, 4) is 0 Å². The molecule has 1 heterocycles. The van der Waals surface area contributed by atoms with Gasteiger partial charge in [0, 0.05) is 6.54 Å². The van der Waals surface area contributed by atoms with Gasteiger partial charge in [-0.15, -0.1) is 24.8 Å². The first-order valence-electron chi connectivity index (χ1n) is 6.20. The second kappa shape index (κ2) is 12.4. The fraction of sp³-hybridized carbons (Fsp3) is 0.417. The van der Waals surface area contributed by atoms with Crippen molar-refractivity contribution < 1.29 is 9.53 Å². The number of nitrogens with zero attached hydrogens (tertiary/aromatic N) is 1. The first kappa shape index (κ1) is 24.3. The molecule has 0 aliphatic rings. The Kier molecular flexibility index (Phi) is 13.1. The van der Waals surface area contributed by atoms with E-state index in [1.807, 2.05) is 0 Å². The van der Waals surface area contributed by atoms with Gasteiger partial charge in [0.05, 0.1) is 0 Å². The van der Waals surface area contributed by atoms with Gasteiger partial charge in [-0.3, -0.25) is 10.2 Å². The van der Waals surface area contributed by atoms with Crippen molar-refractivity contribution in [1.82, 2.24) is 10.3 Å². The van der Waals surface area contributed by atoms with Crippen LogP contribution in [0.5, 0.6) is 0 Å². The third kappa shape index (κ3) is 10.4. The van der Waals surface area contributed by atoms with Crippen LogP contribution in [0.15, 0.2) is 12.1 Å². The standard InChI is InChI=1S/C12H17Cl2N5O2.2ClH/c13-9-4-7(5-10(14)19-9)6-21-11(20)8(15)2-1-3-18-12(16)17;;/h4-5,8H,1-3,6,15H2,(H4,16,17,18);2*1H/t8-;;/m0../s1. The van der Waals surface area contributed by atoms with E-state index in [1.54, 1.807) is 12.1 Å². The van der Waals surface area contributed by atoms with E-state index in [1.165, 1.54) is 0 Å². The zero-order chi connectivity index (χ0) is 15.8. The van der Waals surface area contributed by atoms with E-state index in [2.05, 4.69) is 10.3 Å². The minimum Gasteiger partial charge on any atom is -0.460 e. The maximum atomic E-state index is 11.7. The van der Waals surface area contributed by atoms with Gasteiger partial charge in [0.1, 0.15) is 23.0 Å². The van der Waals surface area contributed by atoms with E-state index in [0.717, 1.165) is 0 Å². The molecule has 0 aliphatic heterocycles. The molecular formula is C12H19Cl4N5O2. The van der Waals surface area contributed by atoms with Crippen molar-refractivity contribution in [2.24, 2.45) is 11.5 Å². The van der Waals surface area contributed by atoms with Gasteiger partial charge in [0.2, 0.25) is 0 Å². The highest BCUT2D eigenvalue weighted by atomic mass is 35.5. The Bertz CT molecular complexity index is 498. The number of nitrogens with one attached hydrogen (secondary N) is 2. The third-order valence-corrected chi connectivity index (χ3v) is 2.90. The van der Waals surface area contributed by atoms with Crippen LogP contribution in [0.2, 0.25) is 10.3 Å². The summed E-state index contributed by atoms with van der Waals surface area (Å²) < 4.78 is 5.08. The molecule has 0 saturated carbocycles. The quantitative estimate of drug-likeness (QED) is 0.180. The number of rotatable bonds is 7. The molecule has 11 heteroatoms. The monoisotopic (exact) mass is 405 g/mol. The first-order chi connectivity index (χ1) is 9.88. The van der Waals surface area contributed by atoms with Gasteiger partial charge in [0.15, 0.2) is 5.96 Å². The molecule has 1 aromatic rings. The third-order valence-electron chi connectivity index (χ3n) is 2.51. The zero-order valence-electron chi connectivity index (χ0n) is 12.1. The molecule has 1 atom stereocenters. The minimum atomic E-state index is -0.730. The summed E-state index contributed by atoms with van der Waals surface area (Å²) in [5, 5.41) is 10.1. The molecule has 6 N–H and O–H groups in total. The normalized spacial score (nSPS) is 10.7. The average molecular weight is 407 g/mol. The van der Waals surface area contributed by atoms with Crippen LogP contribution in [0.3, 0.4) is 0 Å². The summed E-state index contributed by atoms with van der Waals surface area (Å²) in [6, 6.07) is 2.39. The Morgan fingerprint density at radius 1 is 1.35 bits per heavy atom. The minimum absolute atomic E-state index is 0. The molecule has 0 fully saturated rings. The van der Waals surface area contributed by atoms with Gasteiger partial charge >= 0.3 is 5.97 Å². The number of ether oxygens (including phenoxy) is 1. The summed E-state index contributed by atoms with van der Waals surface area (Å²) in [4.78, 5) is 15.5. The Morgan fingerprint density at radius 3 is 2.43 bits per heavy atom. The van der Waals surface area contributed by atoms with Crippen molar-refractivity contribution in [2.75, 3.05) is 6.54 Å². The van der Waals surface area contributed by atoms with E-state index in [4.69, 9.17) is 44.8 Å².